The molecule has 2 rings (SSSR count). The summed E-state index contributed by atoms with van der Waals surface area (Å²) in [6.07, 6.45) is 0. The van der Waals surface area contributed by atoms with Crippen LogP contribution in [0.5, 0.6) is 0 Å². The highest BCUT2D eigenvalue weighted by atomic mass is 32.2. The molecule has 0 fully saturated rings. The van der Waals surface area contributed by atoms with Crippen molar-refractivity contribution in [2.24, 2.45) is 0 Å². The molecule has 0 saturated carbocycles. The second-order valence-corrected chi connectivity index (χ2v) is 4.95. The van der Waals surface area contributed by atoms with Crippen molar-refractivity contribution in [2.75, 3.05) is 12.9 Å². The molecule has 1 aromatic carbocycles. The smallest absolute Gasteiger partial charge is 0.337 e. The van der Waals surface area contributed by atoms with Gasteiger partial charge in [0.05, 0.1) is 24.2 Å². The van der Waals surface area contributed by atoms with E-state index in [1.54, 1.807) is 23.9 Å². The van der Waals surface area contributed by atoms with Gasteiger partial charge in [0.25, 0.3) is 0 Å². The summed E-state index contributed by atoms with van der Waals surface area (Å²) in [6, 6.07) is 7.69. The first-order chi connectivity index (χ1) is 7.60. The number of esters is 1. The summed E-state index contributed by atoms with van der Waals surface area (Å²) in [7, 11) is 1.36. The number of hydrogen-bond acceptors (Lipinski definition) is 4. The number of benzene rings is 1. The molecule has 0 N–H and O–H groups in total. The minimum absolute atomic E-state index is 0.339. The zero-order chi connectivity index (χ0) is 11.8. The van der Waals surface area contributed by atoms with E-state index in [-0.39, 0.29) is 5.97 Å². The first kappa shape index (κ1) is 11.0. The molecule has 3 nitrogen and oxygen atoms in total. The predicted molar refractivity (Wildman–Crippen MR) is 61.5 cm³/mol. The monoisotopic (exact) mass is 233 g/mol. The van der Waals surface area contributed by atoms with Crippen molar-refractivity contribution in [3.8, 4) is 6.07 Å². The number of nitriles is 1. The number of hydrogen-bond donors (Lipinski definition) is 0. The number of carbonyl (C=O) groups excluding carboxylic acids is 1. The predicted octanol–water partition coefficient (Wildman–Crippen LogP) is 2.36. The van der Waals surface area contributed by atoms with Crippen LogP contribution < -0.4 is 0 Å². The molecule has 0 spiro atoms. The van der Waals surface area contributed by atoms with E-state index in [2.05, 4.69) is 10.8 Å². The van der Waals surface area contributed by atoms with Crippen LogP contribution in [0.2, 0.25) is 0 Å². The highest BCUT2D eigenvalue weighted by Crippen LogP contribution is 2.43. The summed E-state index contributed by atoms with van der Waals surface area (Å²) in [4.78, 5) is 12.4. The van der Waals surface area contributed by atoms with Crippen molar-refractivity contribution in [2.45, 2.75) is 17.2 Å². The van der Waals surface area contributed by atoms with Gasteiger partial charge >= 0.3 is 5.97 Å². The minimum atomic E-state index is -0.436. The number of ether oxygens (including phenoxy) is 1. The Balaban J connectivity index is 2.45. The molecule has 4 heteroatoms. The molecule has 1 aliphatic heterocycles. The second-order valence-electron chi connectivity index (χ2n) is 3.94. The number of nitrogens with zero attached hydrogens (tertiary/aromatic N) is 1. The van der Waals surface area contributed by atoms with Crippen LogP contribution in [0.4, 0.5) is 0 Å². The van der Waals surface area contributed by atoms with E-state index in [4.69, 9.17) is 5.26 Å². The Bertz CT molecular complexity index is 492. The molecule has 0 aromatic heterocycles. The van der Waals surface area contributed by atoms with Gasteiger partial charge in [0, 0.05) is 10.6 Å². The molecule has 0 radical (unpaired) electrons. The third-order valence-corrected chi connectivity index (χ3v) is 4.13. The Morgan fingerprint density at radius 1 is 1.62 bits per heavy atom. The van der Waals surface area contributed by atoms with Gasteiger partial charge in [-0.3, -0.25) is 0 Å². The fourth-order valence-electron chi connectivity index (χ4n) is 1.73. The van der Waals surface area contributed by atoms with Gasteiger partial charge in [-0.1, -0.05) is 6.07 Å². The van der Waals surface area contributed by atoms with Gasteiger partial charge in [0.1, 0.15) is 0 Å². The lowest BCUT2D eigenvalue weighted by molar-refractivity contribution is 0.0600. The lowest BCUT2D eigenvalue weighted by Crippen LogP contribution is -2.18. The molecule has 1 aliphatic rings. The molecule has 1 unspecified atom stereocenters. The maximum atomic E-state index is 11.3. The van der Waals surface area contributed by atoms with Crippen LogP contribution in [0, 0.1) is 11.3 Å². The van der Waals surface area contributed by atoms with Crippen molar-refractivity contribution in [1.29, 1.82) is 5.26 Å². The molecule has 0 amide bonds. The van der Waals surface area contributed by atoms with Gasteiger partial charge in [0.15, 0.2) is 0 Å². The topological polar surface area (TPSA) is 50.1 Å². The average molecular weight is 233 g/mol. The van der Waals surface area contributed by atoms with Gasteiger partial charge in [0.2, 0.25) is 0 Å². The molecule has 1 atom stereocenters. The molecule has 0 bridgehead atoms. The summed E-state index contributed by atoms with van der Waals surface area (Å²) < 4.78 is 4.66. The summed E-state index contributed by atoms with van der Waals surface area (Å²) in [5.74, 6) is 0.401. The summed E-state index contributed by atoms with van der Waals surface area (Å²) in [6.45, 7) is 1.92. The minimum Gasteiger partial charge on any atom is -0.465 e. The first-order valence-electron chi connectivity index (χ1n) is 4.87. The van der Waals surface area contributed by atoms with Crippen LogP contribution in [-0.2, 0) is 10.2 Å². The first-order valence-corrected chi connectivity index (χ1v) is 5.86. The Morgan fingerprint density at radius 2 is 2.38 bits per heavy atom. The van der Waals surface area contributed by atoms with Gasteiger partial charge < -0.3 is 4.74 Å². The van der Waals surface area contributed by atoms with E-state index in [1.165, 1.54) is 7.11 Å². The quantitative estimate of drug-likeness (QED) is 0.699. The van der Waals surface area contributed by atoms with Crippen LogP contribution in [0.3, 0.4) is 0 Å². The van der Waals surface area contributed by atoms with E-state index in [1.807, 2.05) is 13.0 Å². The van der Waals surface area contributed by atoms with Crippen molar-refractivity contribution in [3.05, 3.63) is 29.3 Å². The lowest BCUT2D eigenvalue weighted by Gasteiger charge is -2.13. The van der Waals surface area contributed by atoms with Gasteiger partial charge in [-0.25, -0.2) is 4.79 Å². The number of fused-ring (bicyclic) bond motifs is 1. The Morgan fingerprint density at radius 3 is 3.00 bits per heavy atom. The zero-order valence-corrected chi connectivity index (χ0v) is 9.93. The molecule has 1 heterocycles. The fraction of sp³-hybridized carbons (Fsp3) is 0.333. The highest BCUT2D eigenvalue weighted by molar-refractivity contribution is 7.99. The van der Waals surface area contributed by atoms with E-state index in [0.717, 1.165) is 16.2 Å². The van der Waals surface area contributed by atoms with Crippen molar-refractivity contribution in [3.63, 3.8) is 0 Å². The fourth-order valence-corrected chi connectivity index (χ4v) is 3.06. The molecular formula is C12H11NO2S. The molecule has 1 aromatic rings. The molecular weight excluding hydrogens is 222 g/mol. The highest BCUT2D eigenvalue weighted by Gasteiger charge is 2.35. The average Bonchev–Trinajstić information content (AvgIpc) is 2.66. The standard InChI is InChI=1S/C12H11NO2S/c1-12(6-13)7-16-10-5-8(11(14)15-2)3-4-9(10)12/h3-5H,7H2,1-2H3. The normalized spacial score (nSPS) is 22.3. The molecule has 82 valence electrons. The maximum Gasteiger partial charge on any atom is 0.337 e. The van der Waals surface area contributed by atoms with Crippen molar-refractivity contribution < 1.29 is 9.53 Å². The van der Waals surface area contributed by atoms with Gasteiger partial charge in [-0.2, -0.15) is 5.26 Å². The van der Waals surface area contributed by atoms with Gasteiger partial charge in [-0.05, 0) is 24.6 Å². The SMILES string of the molecule is COC(=O)c1ccc2c(c1)SCC2(C)C#N. The summed E-state index contributed by atoms with van der Waals surface area (Å²) in [5.41, 5.74) is 1.11. The number of thioether (sulfide) groups is 1. The van der Waals surface area contributed by atoms with Crippen LogP contribution in [0.15, 0.2) is 23.1 Å². The molecule has 0 aliphatic carbocycles. The number of rotatable bonds is 1. The largest absolute Gasteiger partial charge is 0.465 e. The Labute approximate surface area is 98.4 Å². The third kappa shape index (κ3) is 1.57. The summed E-state index contributed by atoms with van der Waals surface area (Å²) >= 11 is 1.61. The molecule has 0 saturated heterocycles. The summed E-state index contributed by atoms with van der Waals surface area (Å²) in [5, 5.41) is 9.14. The number of methoxy groups -OCH3 is 1. The van der Waals surface area contributed by atoms with Crippen LogP contribution in [0.25, 0.3) is 0 Å². The van der Waals surface area contributed by atoms with Crippen LogP contribution in [-0.4, -0.2) is 18.8 Å². The van der Waals surface area contributed by atoms with Gasteiger partial charge in [-0.15, -0.1) is 11.8 Å². The zero-order valence-electron chi connectivity index (χ0n) is 9.11. The van der Waals surface area contributed by atoms with E-state index in [9.17, 15) is 4.79 Å². The maximum absolute atomic E-state index is 11.3. The van der Waals surface area contributed by atoms with Crippen molar-refractivity contribution in [1.82, 2.24) is 0 Å². The Kier molecular flexibility index (Phi) is 2.64. The van der Waals surface area contributed by atoms with E-state index >= 15 is 0 Å². The second kappa shape index (κ2) is 3.84. The van der Waals surface area contributed by atoms with Crippen molar-refractivity contribution >= 4 is 17.7 Å². The molecule has 16 heavy (non-hydrogen) atoms. The Hall–Kier alpha value is -1.47. The lowest BCUT2D eigenvalue weighted by atomic mass is 9.86. The van der Waals surface area contributed by atoms with E-state index in [0.29, 0.717) is 5.56 Å². The van der Waals surface area contributed by atoms with Crippen LogP contribution >= 0.6 is 11.8 Å². The number of carbonyl (C=O) groups is 1. The van der Waals surface area contributed by atoms with E-state index < -0.39 is 5.41 Å². The van der Waals surface area contributed by atoms with Crippen LogP contribution in [0.1, 0.15) is 22.8 Å². The third-order valence-electron chi connectivity index (χ3n) is 2.76.